The van der Waals surface area contributed by atoms with Crippen molar-refractivity contribution in [2.75, 3.05) is 0 Å². The van der Waals surface area contributed by atoms with E-state index in [4.69, 9.17) is 11.6 Å². The first-order chi connectivity index (χ1) is 10.6. The lowest BCUT2D eigenvalue weighted by Crippen LogP contribution is -2.30. The number of hydrogen-bond acceptors (Lipinski definition) is 2. The summed E-state index contributed by atoms with van der Waals surface area (Å²) in [6, 6.07) is 15.4. The average Bonchev–Trinajstić information content (AvgIpc) is 2.92. The second-order valence-corrected chi connectivity index (χ2v) is 5.58. The van der Waals surface area contributed by atoms with Crippen LogP contribution in [0.4, 0.5) is 0 Å². The van der Waals surface area contributed by atoms with E-state index in [9.17, 15) is 4.79 Å². The molecule has 1 N–H and O–H groups in total. The van der Waals surface area contributed by atoms with Gasteiger partial charge in [0, 0.05) is 5.39 Å². The van der Waals surface area contributed by atoms with Gasteiger partial charge in [0.2, 0.25) is 5.91 Å². The predicted octanol–water partition coefficient (Wildman–Crippen LogP) is 3.57. The molecule has 0 saturated carbocycles. The van der Waals surface area contributed by atoms with Crippen molar-refractivity contribution in [3.8, 4) is 0 Å². The summed E-state index contributed by atoms with van der Waals surface area (Å²) in [6.45, 7) is 2.13. The first-order valence-corrected chi connectivity index (χ1v) is 7.47. The van der Waals surface area contributed by atoms with Gasteiger partial charge < -0.3 is 5.32 Å². The Labute approximate surface area is 133 Å². The highest BCUT2D eigenvalue weighted by atomic mass is 35.5. The fraction of sp³-hybridized carbons (Fsp3) is 0.176. The van der Waals surface area contributed by atoms with Crippen LogP contribution < -0.4 is 5.32 Å². The van der Waals surface area contributed by atoms with E-state index < -0.39 is 0 Å². The molecule has 0 saturated heterocycles. The second-order valence-electron chi connectivity index (χ2n) is 5.17. The minimum absolute atomic E-state index is 0.0425. The lowest BCUT2D eigenvalue weighted by Gasteiger charge is -2.14. The summed E-state index contributed by atoms with van der Waals surface area (Å²) in [5, 5.41) is 8.72. The SMILES string of the molecule is CC(NC(=O)Cn1ncc2c(Cl)cccc21)c1ccccc1. The smallest absolute Gasteiger partial charge is 0.242 e. The molecule has 112 valence electrons. The van der Waals surface area contributed by atoms with Gasteiger partial charge in [-0.1, -0.05) is 48.0 Å². The summed E-state index contributed by atoms with van der Waals surface area (Å²) in [4.78, 5) is 12.2. The highest BCUT2D eigenvalue weighted by molar-refractivity contribution is 6.35. The van der Waals surface area contributed by atoms with Gasteiger partial charge in [0.05, 0.1) is 22.8 Å². The number of halogens is 1. The van der Waals surface area contributed by atoms with Gasteiger partial charge in [0.1, 0.15) is 6.54 Å². The van der Waals surface area contributed by atoms with E-state index in [0.29, 0.717) is 5.02 Å². The fourth-order valence-corrected chi connectivity index (χ4v) is 2.66. The standard InChI is InChI=1S/C17H16ClN3O/c1-12(13-6-3-2-4-7-13)20-17(22)11-21-16-9-5-8-15(18)14(16)10-19-21/h2-10,12H,11H2,1H3,(H,20,22). The third-order valence-electron chi connectivity index (χ3n) is 3.60. The van der Waals surface area contributed by atoms with Crippen LogP contribution in [0.5, 0.6) is 0 Å². The highest BCUT2D eigenvalue weighted by Crippen LogP contribution is 2.22. The van der Waals surface area contributed by atoms with Crippen LogP contribution in [0.25, 0.3) is 10.9 Å². The van der Waals surface area contributed by atoms with E-state index >= 15 is 0 Å². The second kappa shape index (κ2) is 6.20. The van der Waals surface area contributed by atoms with Crippen molar-refractivity contribution in [3.05, 3.63) is 65.3 Å². The van der Waals surface area contributed by atoms with E-state index in [1.165, 1.54) is 0 Å². The van der Waals surface area contributed by atoms with Crippen molar-refractivity contribution in [2.24, 2.45) is 0 Å². The molecule has 0 aliphatic rings. The van der Waals surface area contributed by atoms with Crippen LogP contribution in [-0.2, 0) is 11.3 Å². The Balaban J connectivity index is 1.72. The van der Waals surface area contributed by atoms with Gasteiger partial charge >= 0.3 is 0 Å². The maximum Gasteiger partial charge on any atom is 0.242 e. The molecule has 0 bridgehead atoms. The topological polar surface area (TPSA) is 46.9 Å². The molecule has 1 unspecified atom stereocenters. The molecule has 0 fully saturated rings. The molecule has 4 nitrogen and oxygen atoms in total. The van der Waals surface area contributed by atoms with Crippen molar-refractivity contribution in [1.82, 2.24) is 15.1 Å². The van der Waals surface area contributed by atoms with Crippen LogP contribution >= 0.6 is 11.6 Å². The number of amides is 1. The molecule has 0 radical (unpaired) electrons. The Hall–Kier alpha value is -2.33. The van der Waals surface area contributed by atoms with E-state index in [-0.39, 0.29) is 18.5 Å². The van der Waals surface area contributed by atoms with Crippen LogP contribution in [0, 0.1) is 0 Å². The van der Waals surface area contributed by atoms with Gasteiger partial charge in [-0.3, -0.25) is 9.48 Å². The molecular weight excluding hydrogens is 298 g/mol. The number of fused-ring (bicyclic) bond motifs is 1. The minimum Gasteiger partial charge on any atom is -0.348 e. The molecule has 1 amide bonds. The van der Waals surface area contributed by atoms with Crippen LogP contribution in [0.3, 0.4) is 0 Å². The predicted molar refractivity (Wildman–Crippen MR) is 87.7 cm³/mol. The molecule has 1 heterocycles. The summed E-state index contributed by atoms with van der Waals surface area (Å²) in [7, 11) is 0. The number of hydrogen-bond donors (Lipinski definition) is 1. The first-order valence-electron chi connectivity index (χ1n) is 7.09. The Morgan fingerprint density at radius 1 is 1.23 bits per heavy atom. The molecule has 5 heteroatoms. The number of benzene rings is 2. The highest BCUT2D eigenvalue weighted by Gasteiger charge is 2.12. The maximum atomic E-state index is 12.2. The minimum atomic E-state index is -0.0821. The van der Waals surface area contributed by atoms with Crippen molar-refractivity contribution in [3.63, 3.8) is 0 Å². The summed E-state index contributed by atoms with van der Waals surface area (Å²) in [5.41, 5.74) is 1.93. The third kappa shape index (κ3) is 2.97. The summed E-state index contributed by atoms with van der Waals surface area (Å²) in [6.07, 6.45) is 1.69. The van der Waals surface area contributed by atoms with E-state index in [0.717, 1.165) is 16.5 Å². The maximum absolute atomic E-state index is 12.2. The van der Waals surface area contributed by atoms with Crippen molar-refractivity contribution >= 4 is 28.4 Å². The number of nitrogens with zero attached hydrogens (tertiary/aromatic N) is 2. The third-order valence-corrected chi connectivity index (χ3v) is 3.93. The van der Waals surface area contributed by atoms with Crippen molar-refractivity contribution in [2.45, 2.75) is 19.5 Å². The monoisotopic (exact) mass is 313 g/mol. The van der Waals surface area contributed by atoms with Gasteiger partial charge in [-0.25, -0.2) is 0 Å². The van der Waals surface area contributed by atoms with E-state index in [1.54, 1.807) is 10.9 Å². The molecule has 0 aliphatic carbocycles. The normalized spacial score (nSPS) is 12.3. The Morgan fingerprint density at radius 3 is 2.77 bits per heavy atom. The summed E-state index contributed by atoms with van der Waals surface area (Å²) in [5.74, 6) is -0.0821. The Kier molecular flexibility index (Phi) is 4.11. The lowest BCUT2D eigenvalue weighted by molar-refractivity contribution is -0.122. The van der Waals surface area contributed by atoms with Gasteiger partial charge in [-0.05, 0) is 24.6 Å². The van der Waals surface area contributed by atoms with Crippen molar-refractivity contribution in [1.29, 1.82) is 0 Å². The lowest BCUT2D eigenvalue weighted by atomic mass is 10.1. The van der Waals surface area contributed by atoms with Gasteiger partial charge in [0.15, 0.2) is 0 Å². The average molecular weight is 314 g/mol. The summed E-state index contributed by atoms with van der Waals surface area (Å²) >= 11 is 6.12. The van der Waals surface area contributed by atoms with Crippen LogP contribution in [-0.4, -0.2) is 15.7 Å². The van der Waals surface area contributed by atoms with Crippen LogP contribution in [0.15, 0.2) is 54.7 Å². The summed E-state index contributed by atoms with van der Waals surface area (Å²) < 4.78 is 1.66. The molecule has 3 aromatic rings. The first kappa shape index (κ1) is 14.6. The molecule has 0 aliphatic heterocycles. The van der Waals surface area contributed by atoms with Gasteiger partial charge in [0.25, 0.3) is 0 Å². The molecule has 22 heavy (non-hydrogen) atoms. The Morgan fingerprint density at radius 2 is 2.00 bits per heavy atom. The molecule has 3 rings (SSSR count). The zero-order valence-electron chi connectivity index (χ0n) is 12.2. The molecule has 1 aromatic heterocycles. The van der Waals surface area contributed by atoms with E-state index in [2.05, 4.69) is 10.4 Å². The molecule has 1 atom stereocenters. The number of nitrogens with one attached hydrogen (secondary N) is 1. The van der Waals surface area contributed by atoms with Crippen molar-refractivity contribution < 1.29 is 4.79 Å². The number of rotatable bonds is 4. The number of aromatic nitrogens is 2. The molecular formula is C17H16ClN3O. The Bertz CT molecular complexity index is 798. The zero-order valence-corrected chi connectivity index (χ0v) is 12.9. The van der Waals surface area contributed by atoms with E-state index in [1.807, 2.05) is 55.5 Å². The van der Waals surface area contributed by atoms with Crippen LogP contribution in [0.2, 0.25) is 5.02 Å². The molecule has 2 aromatic carbocycles. The zero-order chi connectivity index (χ0) is 15.5. The fourth-order valence-electron chi connectivity index (χ4n) is 2.44. The molecule has 0 spiro atoms. The number of carbonyl (C=O) groups excluding carboxylic acids is 1. The quantitative estimate of drug-likeness (QED) is 0.800. The number of carbonyl (C=O) groups is 1. The van der Waals surface area contributed by atoms with Crippen LogP contribution in [0.1, 0.15) is 18.5 Å². The van der Waals surface area contributed by atoms with Gasteiger partial charge in [-0.15, -0.1) is 0 Å². The van der Waals surface area contributed by atoms with Gasteiger partial charge in [-0.2, -0.15) is 5.10 Å². The largest absolute Gasteiger partial charge is 0.348 e.